The first-order valence-electron chi connectivity index (χ1n) is 10.1. The molecule has 1 amide bonds. The van der Waals surface area contributed by atoms with Crippen molar-refractivity contribution in [3.63, 3.8) is 0 Å². The second kappa shape index (κ2) is 8.87. The Morgan fingerprint density at radius 1 is 1.29 bits per heavy atom. The number of carbonyl (C=O) groups is 2. The minimum absolute atomic E-state index is 0.0182. The molecule has 0 radical (unpaired) electrons. The van der Waals surface area contributed by atoms with Crippen LogP contribution in [0.5, 0.6) is 11.5 Å². The maximum Gasteiger partial charge on any atom is 0.408 e. The highest BCUT2D eigenvalue weighted by atomic mass is 16.6. The molecule has 1 aromatic heterocycles. The molecule has 0 bridgehead atoms. The van der Waals surface area contributed by atoms with Gasteiger partial charge >= 0.3 is 12.1 Å². The molecule has 1 aliphatic carbocycles. The summed E-state index contributed by atoms with van der Waals surface area (Å²) in [7, 11) is 1.55. The molecular weight excluding hydrogens is 404 g/mol. The van der Waals surface area contributed by atoms with Crippen LogP contribution in [0.3, 0.4) is 0 Å². The normalized spacial score (nSPS) is 14.6. The van der Waals surface area contributed by atoms with Gasteiger partial charge in [-0.1, -0.05) is 0 Å². The highest BCUT2D eigenvalue weighted by Gasteiger charge is 2.28. The predicted molar refractivity (Wildman–Crippen MR) is 111 cm³/mol. The number of rotatable bonds is 8. The number of hydrogen-bond donors (Lipinski definition) is 2. The van der Waals surface area contributed by atoms with Gasteiger partial charge in [-0.25, -0.2) is 14.6 Å². The molecule has 1 fully saturated rings. The maximum absolute atomic E-state index is 12.1. The molecule has 1 unspecified atom stereocenters. The Morgan fingerprint density at radius 2 is 2.00 bits per heavy atom. The van der Waals surface area contributed by atoms with Crippen LogP contribution in [-0.2, 0) is 4.74 Å². The first-order chi connectivity index (χ1) is 14.6. The van der Waals surface area contributed by atoms with E-state index in [9.17, 15) is 14.7 Å². The minimum atomic E-state index is -1.26. The van der Waals surface area contributed by atoms with Gasteiger partial charge in [0.1, 0.15) is 5.60 Å². The molecule has 168 valence electrons. The second-order valence-corrected chi connectivity index (χ2v) is 8.52. The van der Waals surface area contributed by atoms with Crippen molar-refractivity contribution in [3.8, 4) is 23.0 Å². The van der Waals surface area contributed by atoms with E-state index >= 15 is 0 Å². The smallest absolute Gasteiger partial charge is 0.408 e. The van der Waals surface area contributed by atoms with Crippen LogP contribution in [0.15, 0.2) is 22.6 Å². The van der Waals surface area contributed by atoms with Crippen LogP contribution >= 0.6 is 0 Å². The average Bonchev–Trinajstić information content (AvgIpc) is 3.39. The van der Waals surface area contributed by atoms with E-state index in [2.05, 4.69) is 10.3 Å². The average molecular weight is 432 g/mol. The van der Waals surface area contributed by atoms with Gasteiger partial charge in [0.15, 0.2) is 23.0 Å². The van der Waals surface area contributed by atoms with Gasteiger partial charge in [0.25, 0.3) is 0 Å². The molecule has 2 aromatic rings. The van der Waals surface area contributed by atoms with Gasteiger partial charge < -0.3 is 29.1 Å². The number of oxazole rings is 1. The quantitative estimate of drug-likeness (QED) is 0.629. The fourth-order valence-electron chi connectivity index (χ4n) is 2.87. The summed E-state index contributed by atoms with van der Waals surface area (Å²) in [5, 5.41) is 12.2. The van der Waals surface area contributed by atoms with Crippen LogP contribution in [-0.4, -0.2) is 41.5 Å². The first kappa shape index (κ1) is 22.5. The lowest BCUT2D eigenvalue weighted by molar-refractivity contribution is 0.0498. The van der Waals surface area contributed by atoms with Crippen molar-refractivity contribution in [2.24, 2.45) is 5.92 Å². The number of carbonyl (C=O) groups excluding carboxylic acids is 1. The lowest BCUT2D eigenvalue weighted by atomic mass is 10.2. The highest BCUT2D eigenvalue weighted by Crippen LogP contribution is 2.36. The third-order valence-corrected chi connectivity index (χ3v) is 4.56. The molecule has 0 spiro atoms. The van der Waals surface area contributed by atoms with Crippen LogP contribution in [0.1, 0.15) is 62.8 Å². The zero-order valence-corrected chi connectivity index (χ0v) is 18.4. The summed E-state index contributed by atoms with van der Waals surface area (Å²) >= 11 is 0. The highest BCUT2D eigenvalue weighted by molar-refractivity contribution is 5.87. The Morgan fingerprint density at radius 3 is 2.58 bits per heavy atom. The maximum atomic E-state index is 12.1. The minimum Gasteiger partial charge on any atom is -0.493 e. The van der Waals surface area contributed by atoms with Crippen LogP contribution in [0.25, 0.3) is 11.5 Å². The first-order valence-corrected chi connectivity index (χ1v) is 10.1. The largest absolute Gasteiger partial charge is 0.493 e. The second-order valence-electron chi connectivity index (χ2n) is 8.52. The van der Waals surface area contributed by atoms with E-state index in [-0.39, 0.29) is 17.3 Å². The van der Waals surface area contributed by atoms with Gasteiger partial charge in [-0.2, -0.15) is 0 Å². The third-order valence-electron chi connectivity index (χ3n) is 4.56. The van der Waals surface area contributed by atoms with Gasteiger partial charge in [-0.3, -0.25) is 0 Å². The molecule has 2 N–H and O–H groups in total. The van der Waals surface area contributed by atoms with E-state index in [0.717, 1.165) is 12.8 Å². The lowest BCUT2D eigenvalue weighted by Crippen LogP contribution is -2.34. The fourth-order valence-corrected chi connectivity index (χ4v) is 2.87. The van der Waals surface area contributed by atoms with Crippen molar-refractivity contribution < 1.29 is 33.3 Å². The summed E-state index contributed by atoms with van der Waals surface area (Å²) < 4.78 is 22.2. The summed E-state index contributed by atoms with van der Waals surface area (Å²) in [5.74, 6) is 0.508. The SMILES string of the molecule is COc1ccc(-c2nc(C(=O)O)c(C(C)NC(=O)OC(C)(C)C)o2)cc1OCC1CC1. The van der Waals surface area contributed by atoms with Crippen molar-refractivity contribution in [1.29, 1.82) is 0 Å². The zero-order valence-electron chi connectivity index (χ0n) is 18.4. The summed E-state index contributed by atoms with van der Waals surface area (Å²) in [4.78, 5) is 27.9. The Bertz CT molecular complexity index is 957. The summed E-state index contributed by atoms with van der Waals surface area (Å²) in [6.45, 7) is 7.39. The number of aromatic nitrogens is 1. The van der Waals surface area contributed by atoms with Gasteiger partial charge in [0, 0.05) is 5.56 Å². The fraction of sp³-hybridized carbons (Fsp3) is 0.500. The number of hydrogen-bond acceptors (Lipinski definition) is 7. The molecule has 1 aliphatic rings. The molecule has 1 heterocycles. The van der Waals surface area contributed by atoms with Gasteiger partial charge in [0.2, 0.25) is 5.89 Å². The number of benzene rings is 1. The summed E-state index contributed by atoms with van der Waals surface area (Å²) in [6.07, 6.45) is 1.61. The van der Waals surface area contributed by atoms with Crippen molar-refractivity contribution in [1.82, 2.24) is 10.3 Å². The monoisotopic (exact) mass is 432 g/mol. The third kappa shape index (κ3) is 5.90. The molecule has 9 heteroatoms. The molecule has 1 atom stereocenters. The molecule has 0 aliphatic heterocycles. The Kier molecular flexibility index (Phi) is 6.42. The Balaban J connectivity index is 1.86. The number of carboxylic acid groups (broad SMARTS) is 1. The Hall–Kier alpha value is -3.23. The number of alkyl carbamates (subject to hydrolysis) is 1. The number of carboxylic acids is 1. The number of methoxy groups -OCH3 is 1. The van der Waals surface area contributed by atoms with E-state index in [1.807, 2.05) is 0 Å². The van der Waals surface area contributed by atoms with Crippen molar-refractivity contribution >= 4 is 12.1 Å². The molecule has 1 saturated carbocycles. The number of amides is 1. The Labute approximate surface area is 180 Å². The van der Waals surface area contributed by atoms with E-state index < -0.39 is 23.7 Å². The standard InChI is InChI=1S/C22H28N2O7/c1-12(23-21(27)31-22(2,3)4)18-17(20(25)26)24-19(30-18)14-8-9-15(28-5)16(10-14)29-11-13-6-7-13/h8-10,12-13H,6-7,11H2,1-5H3,(H,23,27)(H,25,26). The summed E-state index contributed by atoms with van der Waals surface area (Å²) in [5.41, 5.74) is -0.439. The van der Waals surface area contributed by atoms with E-state index in [4.69, 9.17) is 18.6 Å². The van der Waals surface area contributed by atoms with E-state index in [0.29, 0.717) is 29.6 Å². The molecule has 3 rings (SSSR count). The lowest BCUT2D eigenvalue weighted by Gasteiger charge is -2.21. The number of ether oxygens (including phenoxy) is 3. The van der Waals surface area contributed by atoms with Crippen molar-refractivity contribution in [2.75, 3.05) is 13.7 Å². The molecule has 1 aromatic carbocycles. The van der Waals surface area contributed by atoms with Crippen molar-refractivity contribution in [2.45, 2.75) is 52.2 Å². The summed E-state index contributed by atoms with van der Waals surface area (Å²) in [6, 6.07) is 4.35. The molecule has 31 heavy (non-hydrogen) atoms. The molecule has 9 nitrogen and oxygen atoms in total. The van der Waals surface area contributed by atoms with E-state index in [1.54, 1.807) is 53.0 Å². The number of aromatic carboxylic acids is 1. The van der Waals surface area contributed by atoms with Crippen molar-refractivity contribution in [3.05, 3.63) is 29.7 Å². The topological polar surface area (TPSA) is 120 Å². The van der Waals surface area contributed by atoms with Crippen LogP contribution < -0.4 is 14.8 Å². The number of nitrogens with one attached hydrogen (secondary N) is 1. The molecule has 0 saturated heterocycles. The van der Waals surface area contributed by atoms with Gasteiger partial charge in [-0.15, -0.1) is 0 Å². The van der Waals surface area contributed by atoms with Gasteiger partial charge in [-0.05, 0) is 64.7 Å². The van der Waals surface area contributed by atoms with Crippen LogP contribution in [0, 0.1) is 5.92 Å². The molecular formula is C22H28N2O7. The number of nitrogens with zero attached hydrogens (tertiary/aromatic N) is 1. The predicted octanol–water partition coefficient (Wildman–Crippen LogP) is 4.42. The zero-order chi connectivity index (χ0) is 22.8. The van der Waals surface area contributed by atoms with Gasteiger partial charge in [0.05, 0.1) is 19.8 Å². The van der Waals surface area contributed by atoms with E-state index in [1.165, 1.54) is 0 Å². The van der Waals surface area contributed by atoms with Crippen LogP contribution in [0.2, 0.25) is 0 Å². The van der Waals surface area contributed by atoms with Crippen LogP contribution in [0.4, 0.5) is 4.79 Å².